The lowest BCUT2D eigenvalue weighted by atomic mass is 9.99. The highest BCUT2D eigenvalue weighted by atomic mass is 16.7. The quantitative estimate of drug-likeness (QED) is 0.146. The van der Waals surface area contributed by atoms with Crippen LogP contribution < -0.4 is 5.32 Å². The van der Waals surface area contributed by atoms with Crippen molar-refractivity contribution in [2.24, 2.45) is 0 Å². The van der Waals surface area contributed by atoms with Crippen molar-refractivity contribution in [1.82, 2.24) is 5.32 Å². The molecule has 1 fully saturated rings. The number of aliphatic hydroxyl groups is 5. The molecule has 7 atom stereocenters. The maximum Gasteiger partial charge on any atom is 0.220 e. The summed E-state index contributed by atoms with van der Waals surface area (Å²) >= 11 is 0. The summed E-state index contributed by atoms with van der Waals surface area (Å²) in [5, 5.41) is 52.6. The number of unbranched alkanes of at least 4 members (excludes halogenated alkanes) is 6. The lowest BCUT2D eigenvalue weighted by Crippen LogP contribution is -2.60. The number of amides is 1. The number of aliphatic hydroxyl groups excluding tert-OH is 5. The van der Waals surface area contributed by atoms with Crippen LogP contribution in [0, 0.1) is 0 Å². The van der Waals surface area contributed by atoms with Crippen LogP contribution in [-0.4, -0.2) is 87.5 Å². The maximum absolute atomic E-state index is 12.4. The van der Waals surface area contributed by atoms with E-state index in [1.54, 1.807) is 6.08 Å². The van der Waals surface area contributed by atoms with E-state index in [1.165, 1.54) is 0 Å². The molecule has 6 N–H and O–H groups in total. The monoisotopic (exact) mass is 461 g/mol. The fourth-order valence-electron chi connectivity index (χ4n) is 3.50. The topological polar surface area (TPSA) is 149 Å². The molecule has 9 heteroatoms. The van der Waals surface area contributed by atoms with Crippen LogP contribution in [0.5, 0.6) is 0 Å². The third-order valence-electron chi connectivity index (χ3n) is 5.61. The molecule has 1 amide bonds. The second-order valence-electron chi connectivity index (χ2n) is 8.43. The van der Waals surface area contributed by atoms with Crippen molar-refractivity contribution in [2.75, 3.05) is 13.2 Å². The van der Waals surface area contributed by atoms with Crippen molar-refractivity contribution in [1.29, 1.82) is 0 Å². The highest BCUT2D eigenvalue weighted by molar-refractivity contribution is 5.76. The normalized spacial score (nSPS) is 28.0. The van der Waals surface area contributed by atoms with Crippen LogP contribution in [0.3, 0.4) is 0 Å². The van der Waals surface area contributed by atoms with Gasteiger partial charge in [-0.3, -0.25) is 4.79 Å². The number of ether oxygens (including phenoxy) is 2. The average Bonchev–Trinajstić information content (AvgIpc) is 2.78. The molecule has 1 heterocycles. The molecule has 7 unspecified atom stereocenters. The first kappa shape index (κ1) is 29.0. The van der Waals surface area contributed by atoms with Crippen LogP contribution in [0.15, 0.2) is 12.2 Å². The van der Waals surface area contributed by atoms with Gasteiger partial charge in [0.25, 0.3) is 0 Å². The molecule has 9 nitrogen and oxygen atoms in total. The summed E-state index contributed by atoms with van der Waals surface area (Å²) < 4.78 is 10.9. The number of rotatable bonds is 16. The van der Waals surface area contributed by atoms with Crippen molar-refractivity contribution in [3.05, 3.63) is 12.2 Å². The third kappa shape index (κ3) is 10.2. The molecule has 32 heavy (non-hydrogen) atoms. The van der Waals surface area contributed by atoms with E-state index in [2.05, 4.69) is 19.2 Å². The van der Waals surface area contributed by atoms with Gasteiger partial charge in [0, 0.05) is 6.42 Å². The van der Waals surface area contributed by atoms with Crippen LogP contribution in [-0.2, 0) is 14.3 Å². The van der Waals surface area contributed by atoms with Gasteiger partial charge >= 0.3 is 0 Å². The molecule has 1 aliphatic heterocycles. The number of hydrogen-bond donors (Lipinski definition) is 6. The summed E-state index contributed by atoms with van der Waals surface area (Å²) in [6.45, 7) is 3.45. The van der Waals surface area contributed by atoms with E-state index in [9.17, 15) is 30.3 Å². The molecule has 0 spiro atoms. The van der Waals surface area contributed by atoms with Gasteiger partial charge in [-0.25, -0.2) is 0 Å². The summed E-state index contributed by atoms with van der Waals surface area (Å²) in [6, 6.07) is -0.788. The predicted molar refractivity (Wildman–Crippen MR) is 120 cm³/mol. The van der Waals surface area contributed by atoms with Crippen LogP contribution in [0.1, 0.15) is 71.6 Å². The smallest absolute Gasteiger partial charge is 0.220 e. The fraction of sp³-hybridized carbons (Fsp3) is 0.870. The highest BCUT2D eigenvalue weighted by Crippen LogP contribution is 2.22. The zero-order chi connectivity index (χ0) is 23.9. The molecular weight excluding hydrogens is 418 g/mol. The highest BCUT2D eigenvalue weighted by Gasteiger charge is 2.44. The van der Waals surface area contributed by atoms with E-state index in [0.717, 1.165) is 51.4 Å². The molecule has 0 aromatic carbocycles. The first-order valence-corrected chi connectivity index (χ1v) is 11.9. The Hall–Kier alpha value is -1.07. The Morgan fingerprint density at radius 3 is 2.38 bits per heavy atom. The van der Waals surface area contributed by atoms with Gasteiger partial charge in [0.05, 0.1) is 25.4 Å². The Morgan fingerprint density at radius 1 is 1.03 bits per heavy atom. The fourth-order valence-corrected chi connectivity index (χ4v) is 3.50. The third-order valence-corrected chi connectivity index (χ3v) is 5.61. The Bertz CT molecular complexity index is 530. The zero-order valence-corrected chi connectivity index (χ0v) is 19.4. The average molecular weight is 462 g/mol. The zero-order valence-electron chi connectivity index (χ0n) is 19.4. The van der Waals surface area contributed by atoms with Gasteiger partial charge in [0.15, 0.2) is 6.29 Å². The molecule has 0 aromatic heterocycles. The Balaban J connectivity index is 2.71. The van der Waals surface area contributed by atoms with Gasteiger partial charge in [-0.1, -0.05) is 58.1 Å². The Kier molecular flexibility index (Phi) is 15.0. The summed E-state index contributed by atoms with van der Waals surface area (Å²) in [4.78, 5) is 12.4. The Labute approximate surface area is 191 Å². The van der Waals surface area contributed by atoms with Gasteiger partial charge in [0.1, 0.15) is 24.4 Å². The lowest BCUT2D eigenvalue weighted by molar-refractivity contribution is -0.302. The first-order valence-electron chi connectivity index (χ1n) is 11.9. The van der Waals surface area contributed by atoms with Crippen LogP contribution in [0.25, 0.3) is 0 Å². The summed E-state index contributed by atoms with van der Waals surface area (Å²) in [5.74, 6) is -0.207. The minimum Gasteiger partial charge on any atom is -0.394 e. The number of hydrogen-bond acceptors (Lipinski definition) is 8. The minimum absolute atomic E-state index is 0.191. The van der Waals surface area contributed by atoms with Gasteiger partial charge in [-0.2, -0.15) is 0 Å². The number of carbonyl (C=O) groups excluding carboxylic acids is 1. The molecule has 0 aliphatic carbocycles. The standard InChI is InChI=1S/C23H43NO8/c1-3-5-7-9-10-12-17(26)16(24-19(27)13-11-8-6-4-2)15-31-23-22(30)21(29)20(28)18(14-25)32-23/h10,12,16-18,20-23,25-26,28-30H,3-9,11,13-15H2,1-2H3,(H,24,27)/b12-10+. The lowest BCUT2D eigenvalue weighted by Gasteiger charge is -2.40. The molecule has 1 aliphatic rings. The van der Waals surface area contributed by atoms with Crippen molar-refractivity contribution in [2.45, 2.75) is 114 Å². The molecule has 0 saturated carbocycles. The second kappa shape index (κ2) is 16.5. The largest absolute Gasteiger partial charge is 0.394 e. The Morgan fingerprint density at radius 2 is 1.72 bits per heavy atom. The van der Waals surface area contributed by atoms with E-state index in [4.69, 9.17) is 9.47 Å². The van der Waals surface area contributed by atoms with Crippen molar-refractivity contribution in [3.8, 4) is 0 Å². The van der Waals surface area contributed by atoms with E-state index in [-0.39, 0.29) is 12.5 Å². The van der Waals surface area contributed by atoms with Crippen molar-refractivity contribution in [3.63, 3.8) is 0 Å². The minimum atomic E-state index is -1.55. The second-order valence-corrected chi connectivity index (χ2v) is 8.43. The van der Waals surface area contributed by atoms with E-state index in [1.807, 2.05) is 6.08 Å². The maximum atomic E-state index is 12.4. The van der Waals surface area contributed by atoms with E-state index >= 15 is 0 Å². The SMILES string of the molecule is CCCCC/C=C/C(O)C(COC1OC(CO)C(O)C(O)C1O)NC(=O)CCCCCC. The molecule has 1 rings (SSSR count). The van der Waals surface area contributed by atoms with Gasteiger partial charge < -0.3 is 40.3 Å². The van der Waals surface area contributed by atoms with Crippen LogP contribution >= 0.6 is 0 Å². The molecular formula is C23H43NO8. The molecule has 0 bridgehead atoms. The summed E-state index contributed by atoms with van der Waals surface area (Å²) in [6.07, 6.45) is 3.67. The summed E-state index contributed by atoms with van der Waals surface area (Å²) in [5.41, 5.74) is 0. The van der Waals surface area contributed by atoms with Crippen molar-refractivity contribution < 1.29 is 39.8 Å². The van der Waals surface area contributed by atoms with E-state index in [0.29, 0.717) is 6.42 Å². The number of nitrogens with one attached hydrogen (secondary N) is 1. The predicted octanol–water partition coefficient (Wildman–Crippen LogP) is 0.755. The molecule has 188 valence electrons. The molecule has 0 aromatic rings. The van der Waals surface area contributed by atoms with Crippen LogP contribution in [0.2, 0.25) is 0 Å². The van der Waals surface area contributed by atoms with Crippen molar-refractivity contribution >= 4 is 5.91 Å². The van der Waals surface area contributed by atoms with Gasteiger partial charge in [-0.05, 0) is 19.3 Å². The van der Waals surface area contributed by atoms with E-state index < -0.39 is 49.5 Å². The number of allylic oxidation sites excluding steroid dienone is 1. The van der Waals surface area contributed by atoms with Gasteiger partial charge in [0.2, 0.25) is 5.91 Å². The van der Waals surface area contributed by atoms with Gasteiger partial charge in [-0.15, -0.1) is 0 Å². The number of carbonyl (C=O) groups is 1. The van der Waals surface area contributed by atoms with Crippen LogP contribution in [0.4, 0.5) is 0 Å². The summed E-state index contributed by atoms with van der Waals surface area (Å²) in [7, 11) is 0. The molecule has 0 radical (unpaired) electrons. The first-order chi connectivity index (χ1) is 15.3. The molecule has 1 saturated heterocycles.